The topological polar surface area (TPSA) is 15.3 Å². The highest BCUT2D eigenvalue weighted by molar-refractivity contribution is 4.94. The fourth-order valence-electron chi connectivity index (χ4n) is 3.57. The molecule has 2 atom stereocenters. The van der Waals surface area contributed by atoms with Gasteiger partial charge in [0.1, 0.15) is 0 Å². The molecule has 2 nitrogen and oxygen atoms in total. The second kappa shape index (κ2) is 5.50. The van der Waals surface area contributed by atoms with Crippen LogP contribution in [0.4, 0.5) is 0 Å². The molecule has 106 valence electrons. The molecule has 1 heterocycles. The summed E-state index contributed by atoms with van der Waals surface area (Å²) in [5.41, 5.74) is 0.617. The van der Waals surface area contributed by atoms with Crippen molar-refractivity contribution in [2.75, 3.05) is 19.6 Å². The lowest BCUT2D eigenvalue weighted by Gasteiger charge is -2.49. The second-order valence-electron chi connectivity index (χ2n) is 7.66. The molecule has 1 saturated heterocycles. The van der Waals surface area contributed by atoms with Gasteiger partial charge in [-0.1, -0.05) is 41.0 Å². The highest BCUT2D eigenvalue weighted by Crippen LogP contribution is 2.41. The van der Waals surface area contributed by atoms with E-state index >= 15 is 0 Å². The van der Waals surface area contributed by atoms with Crippen molar-refractivity contribution in [2.45, 2.75) is 66.0 Å². The lowest BCUT2D eigenvalue weighted by atomic mass is 9.69. The third kappa shape index (κ3) is 3.08. The Morgan fingerprint density at radius 1 is 1.17 bits per heavy atom. The largest absolute Gasteiger partial charge is 0.311 e. The number of rotatable bonds is 4. The molecule has 0 radical (unpaired) electrons. The summed E-state index contributed by atoms with van der Waals surface area (Å²) in [7, 11) is 0. The van der Waals surface area contributed by atoms with Gasteiger partial charge >= 0.3 is 0 Å². The van der Waals surface area contributed by atoms with E-state index in [1.807, 2.05) is 0 Å². The maximum absolute atomic E-state index is 3.76. The normalized spacial score (nSPS) is 32.8. The molecule has 0 spiro atoms. The van der Waals surface area contributed by atoms with Gasteiger partial charge in [-0.25, -0.2) is 0 Å². The molecule has 2 unspecified atom stereocenters. The van der Waals surface area contributed by atoms with E-state index in [2.05, 4.69) is 44.8 Å². The highest BCUT2D eigenvalue weighted by atomic mass is 15.2. The zero-order valence-electron chi connectivity index (χ0n) is 13.0. The number of piperazine rings is 1. The van der Waals surface area contributed by atoms with Crippen molar-refractivity contribution >= 4 is 0 Å². The van der Waals surface area contributed by atoms with Crippen molar-refractivity contribution in [2.24, 2.45) is 17.3 Å². The predicted molar refractivity (Wildman–Crippen MR) is 78.8 cm³/mol. The first-order valence-corrected chi connectivity index (χ1v) is 7.89. The summed E-state index contributed by atoms with van der Waals surface area (Å²) in [4.78, 5) is 2.80. The Morgan fingerprint density at radius 2 is 1.83 bits per heavy atom. The standard InChI is InChI=1S/C16H32N2/c1-12(2)14-10-18(11-16(5)7-6-8-16)15(9-17-14)13(3)4/h12-15,17H,6-11H2,1-5H3. The third-order valence-electron chi connectivity index (χ3n) is 5.21. The SMILES string of the molecule is CC(C)C1CN(CC2(C)CCC2)C(C(C)C)CN1. The first kappa shape index (κ1) is 14.3. The lowest BCUT2D eigenvalue weighted by Crippen LogP contribution is -2.61. The first-order chi connectivity index (χ1) is 8.41. The van der Waals surface area contributed by atoms with E-state index in [0.717, 1.165) is 17.9 Å². The maximum atomic E-state index is 3.76. The van der Waals surface area contributed by atoms with Crippen molar-refractivity contribution in [1.82, 2.24) is 10.2 Å². The van der Waals surface area contributed by atoms with Gasteiger partial charge in [0.05, 0.1) is 0 Å². The summed E-state index contributed by atoms with van der Waals surface area (Å²) < 4.78 is 0. The minimum absolute atomic E-state index is 0.617. The van der Waals surface area contributed by atoms with Crippen LogP contribution in [0, 0.1) is 17.3 Å². The van der Waals surface area contributed by atoms with E-state index in [-0.39, 0.29) is 0 Å². The third-order valence-corrected chi connectivity index (χ3v) is 5.21. The fraction of sp³-hybridized carbons (Fsp3) is 1.00. The van der Waals surface area contributed by atoms with Crippen LogP contribution in [-0.2, 0) is 0 Å². The summed E-state index contributed by atoms with van der Waals surface area (Å²) in [6.07, 6.45) is 4.32. The molecule has 1 saturated carbocycles. The van der Waals surface area contributed by atoms with Crippen molar-refractivity contribution in [3.05, 3.63) is 0 Å². The Morgan fingerprint density at radius 3 is 2.28 bits per heavy atom. The number of nitrogens with one attached hydrogen (secondary N) is 1. The Labute approximate surface area is 114 Å². The number of hydrogen-bond donors (Lipinski definition) is 1. The molecule has 0 aromatic carbocycles. The molecule has 1 N–H and O–H groups in total. The van der Waals surface area contributed by atoms with Gasteiger partial charge in [0.2, 0.25) is 0 Å². The van der Waals surface area contributed by atoms with Crippen molar-refractivity contribution < 1.29 is 0 Å². The van der Waals surface area contributed by atoms with Gasteiger partial charge in [0.25, 0.3) is 0 Å². The van der Waals surface area contributed by atoms with E-state index in [4.69, 9.17) is 0 Å². The molecule has 2 heteroatoms. The summed E-state index contributed by atoms with van der Waals surface area (Å²) in [5, 5.41) is 3.76. The Bertz CT molecular complexity index is 268. The predicted octanol–water partition coefficient (Wildman–Crippen LogP) is 3.13. The maximum Gasteiger partial charge on any atom is 0.0244 e. The Hall–Kier alpha value is -0.0800. The van der Waals surface area contributed by atoms with E-state index in [9.17, 15) is 0 Å². The van der Waals surface area contributed by atoms with Crippen LogP contribution in [0.25, 0.3) is 0 Å². The first-order valence-electron chi connectivity index (χ1n) is 7.89. The monoisotopic (exact) mass is 252 g/mol. The minimum atomic E-state index is 0.617. The zero-order valence-corrected chi connectivity index (χ0v) is 13.0. The van der Waals surface area contributed by atoms with Crippen LogP contribution in [-0.4, -0.2) is 36.6 Å². The molecule has 2 aliphatic rings. The molecule has 0 amide bonds. The molecule has 2 fully saturated rings. The molecule has 0 aromatic heterocycles. The minimum Gasteiger partial charge on any atom is -0.311 e. The van der Waals surface area contributed by atoms with Gasteiger partial charge in [0.15, 0.2) is 0 Å². The molecular formula is C16H32N2. The van der Waals surface area contributed by atoms with Crippen LogP contribution in [0.3, 0.4) is 0 Å². The average molecular weight is 252 g/mol. The smallest absolute Gasteiger partial charge is 0.0244 e. The Kier molecular flexibility index (Phi) is 4.38. The van der Waals surface area contributed by atoms with E-state index in [1.165, 1.54) is 38.9 Å². The zero-order chi connectivity index (χ0) is 13.3. The van der Waals surface area contributed by atoms with Crippen LogP contribution in [0.15, 0.2) is 0 Å². The van der Waals surface area contributed by atoms with Gasteiger partial charge in [0, 0.05) is 31.7 Å². The lowest BCUT2D eigenvalue weighted by molar-refractivity contribution is 0.0151. The quantitative estimate of drug-likeness (QED) is 0.827. The molecular weight excluding hydrogens is 220 g/mol. The molecule has 1 aliphatic heterocycles. The van der Waals surface area contributed by atoms with Gasteiger partial charge in [-0.15, -0.1) is 0 Å². The highest BCUT2D eigenvalue weighted by Gasteiger charge is 2.38. The molecule has 0 bridgehead atoms. The van der Waals surface area contributed by atoms with E-state index < -0.39 is 0 Å². The Balaban J connectivity index is 2.00. The van der Waals surface area contributed by atoms with Gasteiger partial charge in [-0.2, -0.15) is 0 Å². The van der Waals surface area contributed by atoms with Crippen LogP contribution >= 0.6 is 0 Å². The second-order valence-corrected chi connectivity index (χ2v) is 7.66. The van der Waals surface area contributed by atoms with Crippen molar-refractivity contribution in [3.63, 3.8) is 0 Å². The van der Waals surface area contributed by atoms with E-state index in [1.54, 1.807) is 0 Å². The van der Waals surface area contributed by atoms with Gasteiger partial charge in [-0.3, -0.25) is 4.90 Å². The van der Waals surface area contributed by atoms with E-state index in [0.29, 0.717) is 11.5 Å². The van der Waals surface area contributed by atoms with Crippen LogP contribution in [0.5, 0.6) is 0 Å². The molecule has 18 heavy (non-hydrogen) atoms. The van der Waals surface area contributed by atoms with Crippen molar-refractivity contribution in [3.8, 4) is 0 Å². The summed E-state index contributed by atoms with van der Waals surface area (Å²) in [5.74, 6) is 1.50. The molecule has 0 aromatic rings. The fourth-order valence-corrected chi connectivity index (χ4v) is 3.57. The van der Waals surface area contributed by atoms with Crippen LogP contribution in [0.1, 0.15) is 53.9 Å². The molecule has 2 rings (SSSR count). The summed E-state index contributed by atoms with van der Waals surface area (Å²) in [6, 6.07) is 1.42. The summed E-state index contributed by atoms with van der Waals surface area (Å²) >= 11 is 0. The molecule has 1 aliphatic carbocycles. The van der Waals surface area contributed by atoms with Gasteiger partial charge in [-0.05, 0) is 30.1 Å². The van der Waals surface area contributed by atoms with Crippen LogP contribution < -0.4 is 5.32 Å². The average Bonchev–Trinajstić information content (AvgIpc) is 2.26. The van der Waals surface area contributed by atoms with Gasteiger partial charge < -0.3 is 5.32 Å². The van der Waals surface area contributed by atoms with Crippen molar-refractivity contribution in [1.29, 1.82) is 0 Å². The summed E-state index contributed by atoms with van der Waals surface area (Å²) in [6.45, 7) is 15.7. The number of hydrogen-bond acceptors (Lipinski definition) is 2. The number of nitrogens with zero attached hydrogens (tertiary/aromatic N) is 1. The van der Waals surface area contributed by atoms with Crippen LogP contribution in [0.2, 0.25) is 0 Å².